The Kier molecular flexibility index (Phi) is 3.59. The van der Waals surface area contributed by atoms with E-state index >= 15 is 0 Å². The highest BCUT2D eigenvalue weighted by Crippen LogP contribution is 2.62. The second kappa shape index (κ2) is 5.33. The first-order valence-corrected chi connectivity index (χ1v) is 10.3. The summed E-state index contributed by atoms with van der Waals surface area (Å²) in [5.74, 6) is 1.87. The molecule has 0 heterocycles. The van der Waals surface area contributed by atoms with Crippen LogP contribution in [0.5, 0.6) is 0 Å². The van der Waals surface area contributed by atoms with Crippen molar-refractivity contribution in [2.24, 2.45) is 17.3 Å². The van der Waals surface area contributed by atoms with Crippen molar-refractivity contribution in [1.82, 2.24) is 0 Å². The molecule has 130 valence electrons. The van der Waals surface area contributed by atoms with Crippen molar-refractivity contribution in [3.63, 3.8) is 0 Å². The van der Waals surface area contributed by atoms with Crippen molar-refractivity contribution in [2.45, 2.75) is 51.4 Å². The highest BCUT2D eigenvalue weighted by atomic mass is 32.2. The fourth-order valence-corrected chi connectivity index (χ4v) is 6.18. The zero-order valence-electron chi connectivity index (χ0n) is 14.1. The van der Waals surface area contributed by atoms with Crippen molar-refractivity contribution in [3.05, 3.63) is 41.5 Å². The molecule has 4 nitrogen and oxygen atoms in total. The maximum atomic E-state index is 11.0. The van der Waals surface area contributed by atoms with Gasteiger partial charge in [-0.3, -0.25) is 9.27 Å². The Bertz CT molecular complexity index is 801. The van der Waals surface area contributed by atoms with Crippen LogP contribution in [-0.4, -0.2) is 13.0 Å². The molecule has 2 fully saturated rings. The van der Waals surface area contributed by atoms with Gasteiger partial charge in [-0.05, 0) is 85.0 Å². The molecule has 3 unspecified atom stereocenters. The van der Waals surface area contributed by atoms with Crippen LogP contribution < -0.4 is 4.72 Å². The van der Waals surface area contributed by atoms with E-state index in [-0.39, 0.29) is 0 Å². The lowest BCUT2D eigenvalue weighted by molar-refractivity contribution is 0.0779. The van der Waals surface area contributed by atoms with E-state index < -0.39 is 10.3 Å². The average Bonchev–Trinajstić information content (AvgIpc) is 2.81. The normalized spacial score (nSPS) is 35.1. The topological polar surface area (TPSA) is 66.4 Å². The van der Waals surface area contributed by atoms with Crippen LogP contribution in [-0.2, 0) is 16.7 Å². The minimum absolute atomic E-state index is 0.433. The van der Waals surface area contributed by atoms with Gasteiger partial charge in [0.15, 0.2) is 0 Å². The van der Waals surface area contributed by atoms with Gasteiger partial charge in [0, 0.05) is 0 Å². The molecule has 1 aromatic rings. The first kappa shape index (κ1) is 16.2. The molecule has 4 atom stereocenters. The molecular weight excluding hydrogens is 322 g/mol. The monoisotopic (exact) mass is 347 g/mol. The third-order valence-corrected chi connectivity index (χ3v) is 7.21. The first-order chi connectivity index (χ1) is 11.3. The van der Waals surface area contributed by atoms with Gasteiger partial charge in [-0.15, -0.1) is 0 Å². The van der Waals surface area contributed by atoms with Gasteiger partial charge in [0.05, 0.1) is 5.69 Å². The molecule has 24 heavy (non-hydrogen) atoms. The summed E-state index contributed by atoms with van der Waals surface area (Å²) >= 11 is 0. The van der Waals surface area contributed by atoms with Gasteiger partial charge in [-0.25, -0.2) is 0 Å². The molecule has 5 heteroatoms. The summed E-state index contributed by atoms with van der Waals surface area (Å²) < 4.78 is 33.2. The minimum atomic E-state index is -4.22. The number of hydrogen-bond donors (Lipinski definition) is 2. The van der Waals surface area contributed by atoms with E-state index in [9.17, 15) is 8.42 Å². The lowest BCUT2D eigenvalue weighted by atomic mass is 9.55. The summed E-state index contributed by atoms with van der Waals surface area (Å²) in [5.41, 5.74) is 4.91. The van der Waals surface area contributed by atoms with Crippen molar-refractivity contribution in [1.29, 1.82) is 0 Å². The van der Waals surface area contributed by atoms with Crippen LogP contribution in [0.4, 0.5) is 5.69 Å². The Morgan fingerprint density at radius 2 is 2.04 bits per heavy atom. The first-order valence-electron chi connectivity index (χ1n) is 8.83. The number of benzene rings is 1. The summed E-state index contributed by atoms with van der Waals surface area (Å²) in [6.07, 6.45) is 7.03. The van der Waals surface area contributed by atoms with Crippen LogP contribution in [0.15, 0.2) is 30.4 Å². The Morgan fingerprint density at radius 3 is 2.79 bits per heavy atom. The Labute approximate surface area is 144 Å². The maximum absolute atomic E-state index is 11.0. The van der Waals surface area contributed by atoms with Crippen LogP contribution in [0.2, 0.25) is 0 Å². The lowest BCUT2D eigenvalue weighted by Gasteiger charge is -2.49. The van der Waals surface area contributed by atoms with E-state index in [2.05, 4.69) is 24.3 Å². The van der Waals surface area contributed by atoms with Crippen molar-refractivity contribution < 1.29 is 13.0 Å². The number of nitrogens with one attached hydrogen (secondary N) is 1. The van der Waals surface area contributed by atoms with Crippen LogP contribution in [0.1, 0.15) is 56.1 Å². The van der Waals surface area contributed by atoms with Crippen molar-refractivity contribution in [2.75, 3.05) is 4.72 Å². The SMILES string of the molecule is C=C1CC[C@@]2(C)CCC3c4ccc(NS(=O)(=O)O)cc4CCC3C12. The molecule has 0 amide bonds. The molecule has 0 aromatic heterocycles. The van der Waals surface area contributed by atoms with Gasteiger partial charge in [-0.2, -0.15) is 8.42 Å². The largest absolute Gasteiger partial charge is 0.357 e. The highest BCUT2D eigenvalue weighted by Gasteiger charge is 2.51. The summed E-state index contributed by atoms with van der Waals surface area (Å²) in [6.45, 7) is 6.83. The Hall–Kier alpha value is -1.33. The van der Waals surface area contributed by atoms with Crippen LogP contribution in [0.3, 0.4) is 0 Å². The third-order valence-electron chi connectivity index (χ3n) is 6.72. The molecule has 1 aromatic carbocycles. The number of rotatable bonds is 2. The average molecular weight is 347 g/mol. The van der Waals surface area contributed by atoms with Crippen LogP contribution >= 0.6 is 0 Å². The van der Waals surface area contributed by atoms with Gasteiger partial charge in [0.2, 0.25) is 0 Å². The molecule has 0 saturated heterocycles. The number of allylic oxidation sites excluding steroid dienone is 1. The minimum Gasteiger partial charge on any atom is -0.269 e. The number of hydrogen-bond acceptors (Lipinski definition) is 2. The van der Waals surface area contributed by atoms with E-state index in [1.807, 2.05) is 6.07 Å². The summed E-state index contributed by atoms with van der Waals surface area (Å²) in [4.78, 5) is 0. The molecule has 0 bridgehead atoms. The third kappa shape index (κ3) is 2.58. The van der Waals surface area contributed by atoms with Gasteiger partial charge >= 0.3 is 10.3 Å². The van der Waals surface area contributed by atoms with E-state index in [0.29, 0.717) is 28.9 Å². The molecule has 3 aliphatic carbocycles. The summed E-state index contributed by atoms with van der Waals surface area (Å²) in [6, 6.07) is 5.71. The predicted octanol–water partition coefficient (Wildman–Crippen LogP) is 4.31. The van der Waals surface area contributed by atoms with Gasteiger partial charge in [0.25, 0.3) is 0 Å². The molecular formula is C19H25NO3S. The lowest BCUT2D eigenvalue weighted by Crippen LogP contribution is -2.40. The fourth-order valence-electron chi connectivity index (χ4n) is 5.75. The smallest absolute Gasteiger partial charge is 0.269 e. The molecule has 0 aliphatic heterocycles. The Balaban J connectivity index is 1.66. The Morgan fingerprint density at radius 1 is 1.25 bits per heavy atom. The van der Waals surface area contributed by atoms with Crippen LogP contribution in [0, 0.1) is 17.3 Å². The summed E-state index contributed by atoms with van der Waals surface area (Å²) in [7, 11) is -4.22. The second-order valence-electron chi connectivity index (χ2n) is 8.13. The molecule has 4 rings (SSSR count). The quantitative estimate of drug-likeness (QED) is 0.619. The predicted molar refractivity (Wildman–Crippen MR) is 95.4 cm³/mol. The van der Waals surface area contributed by atoms with E-state index in [4.69, 9.17) is 4.55 Å². The van der Waals surface area contributed by atoms with Crippen LogP contribution in [0.25, 0.3) is 0 Å². The number of anilines is 1. The van der Waals surface area contributed by atoms with Gasteiger partial charge < -0.3 is 0 Å². The number of aryl methyl sites for hydroxylation is 1. The van der Waals surface area contributed by atoms with E-state index in [0.717, 1.165) is 12.8 Å². The molecule has 0 radical (unpaired) electrons. The standard InChI is InChI=1S/C19H25NO3S/c1-12-7-9-19(2)10-8-16-15-6-4-14(20-24(21,22)23)11-13(15)3-5-17(16)18(12)19/h4,6,11,16-18,20H,1,3,5,7-10H2,2H3,(H,21,22,23)/t16?,17?,18?,19-/m0/s1. The number of fused-ring (bicyclic) bond motifs is 5. The molecule has 3 aliphatic rings. The second-order valence-corrected chi connectivity index (χ2v) is 9.28. The van der Waals surface area contributed by atoms with Gasteiger partial charge in [-0.1, -0.05) is 25.1 Å². The van der Waals surface area contributed by atoms with E-state index in [1.165, 1.54) is 42.4 Å². The fraction of sp³-hybridized carbons (Fsp3) is 0.579. The zero-order valence-corrected chi connectivity index (χ0v) is 14.9. The molecule has 2 N–H and O–H groups in total. The molecule has 0 spiro atoms. The van der Waals surface area contributed by atoms with Crippen molar-refractivity contribution in [3.8, 4) is 0 Å². The highest BCUT2D eigenvalue weighted by molar-refractivity contribution is 7.87. The van der Waals surface area contributed by atoms with Crippen molar-refractivity contribution >= 4 is 16.0 Å². The van der Waals surface area contributed by atoms with E-state index in [1.54, 1.807) is 6.07 Å². The summed E-state index contributed by atoms with van der Waals surface area (Å²) in [5, 5.41) is 0. The van der Waals surface area contributed by atoms with Gasteiger partial charge in [0.1, 0.15) is 0 Å². The molecule has 2 saturated carbocycles. The zero-order chi connectivity index (χ0) is 17.1. The maximum Gasteiger partial charge on any atom is 0.357 e.